The topological polar surface area (TPSA) is 118 Å². The van der Waals surface area contributed by atoms with Crippen LogP contribution in [0.1, 0.15) is 24.8 Å². The van der Waals surface area contributed by atoms with Gasteiger partial charge >= 0.3 is 11.9 Å². The normalized spacial score (nSPS) is 26.4. The number of ketones is 1. The molecule has 0 saturated heterocycles. The number of Topliss-reactive ketones (excluding diaryl/α,β-unsaturated/α-hetero) is 1. The van der Waals surface area contributed by atoms with Crippen molar-refractivity contribution in [2.45, 2.75) is 24.9 Å². The van der Waals surface area contributed by atoms with E-state index in [0.717, 1.165) is 7.11 Å². The summed E-state index contributed by atoms with van der Waals surface area (Å²) in [5.41, 5.74) is -1.38. The van der Waals surface area contributed by atoms with Crippen molar-refractivity contribution in [1.82, 2.24) is 0 Å². The van der Waals surface area contributed by atoms with Gasteiger partial charge < -0.3 is 28.8 Å². The minimum Gasteiger partial charge on any atom is -0.493 e. The van der Waals surface area contributed by atoms with Gasteiger partial charge in [0.25, 0.3) is 0 Å². The molecule has 1 fully saturated rings. The van der Waals surface area contributed by atoms with Gasteiger partial charge in [-0.2, -0.15) is 0 Å². The predicted molar refractivity (Wildman–Crippen MR) is 100 cm³/mol. The molecule has 9 nitrogen and oxygen atoms in total. The first-order valence-corrected chi connectivity index (χ1v) is 8.87. The summed E-state index contributed by atoms with van der Waals surface area (Å²) in [5, 5.41) is 10.9. The van der Waals surface area contributed by atoms with E-state index in [-0.39, 0.29) is 11.5 Å². The van der Waals surface area contributed by atoms with Crippen molar-refractivity contribution in [3.63, 3.8) is 0 Å². The molecule has 0 amide bonds. The maximum atomic E-state index is 12.8. The second kappa shape index (κ2) is 8.69. The van der Waals surface area contributed by atoms with Crippen LogP contribution in [0.2, 0.25) is 0 Å². The molecule has 0 aromatic heterocycles. The Bertz CT molecular complexity index is 774. The van der Waals surface area contributed by atoms with Crippen molar-refractivity contribution < 1.29 is 43.2 Å². The van der Waals surface area contributed by atoms with Crippen LogP contribution in [0.3, 0.4) is 0 Å². The molecule has 1 aliphatic carbocycles. The third kappa shape index (κ3) is 4.00. The molecule has 1 saturated carbocycles. The third-order valence-electron chi connectivity index (χ3n) is 5.25. The van der Waals surface area contributed by atoms with E-state index in [1.807, 2.05) is 0 Å². The van der Waals surface area contributed by atoms with Crippen LogP contribution < -0.4 is 14.2 Å². The fraction of sp³-hybridized carbons (Fsp3) is 0.550. The van der Waals surface area contributed by atoms with Crippen LogP contribution in [0.5, 0.6) is 17.2 Å². The molecule has 1 aromatic rings. The molecule has 1 aliphatic rings. The first kappa shape index (κ1) is 22.5. The Labute approximate surface area is 168 Å². The van der Waals surface area contributed by atoms with Gasteiger partial charge in [0.05, 0.1) is 47.1 Å². The summed E-state index contributed by atoms with van der Waals surface area (Å²) in [6, 6.07) is 3.07. The molecule has 0 heterocycles. The zero-order chi connectivity index (χ0) is 21.9. The van der Waals surface area contributed by atoms with Crippen molar-refractivity contribution in [2.75, 3.05) is 35.5 Å². The summed E-state index contributed by atoms with van der Waals surface area (Å²) in [5.74, 6) is -4.85. The SMILES string of the molecule is COC(=O)[C@H]1C(=O)C[C@@](C)(O)[C@@H](C(=O)OC)[C@@H]1c1cc(OC)c(OC)c(OC)c1. The number of carbonyl (C=O) groups excluding carboxylic acids is 3. The molecule has 29 heavy (non-hydrogen) atoms. The van der Waals surface area contributed by atoms with Crippen LogP contribution in [-0.4, -0.2) is 64.0 Å². The number of methoxy groups -OCH3 is 5. The van der Waals surface area contributed by atoms with Gasteiger partial charge in [-0.05, 0) is 24.6 Å². The standard InChI is InChI=1S/C20H26O9/c1-20(24)9-11(21)15(18(22)28-5)14(16(20)19(23)29-6)10-7-12(25-2)17(27-4)13(8-10)26-3/h7-8,14-16,24H,9H2,1-6H3/t14-,15+,16-,20-/m1/s1. The Balaban J connectivity index is 2.80. The summed E-state index contributed by atoms with van der Waals surface area (Å²) in [6.45, 7) is 1.37. The van der Waals surface area contributed by atoms with Gasteiger partial charge in [0.1, 0.15) is 5.92 Å². The van der Waals surface area contributed by atoms with E-state index in [1.54, 1.807) is 0 Å². The Hall–Kier alpha value is -2.81. The van der Waals surface area contributed by atoms with Gasteiger partial charge in [0.15, 0.2) is 17.3 Å². The summed E-state index contributed by atoms with van der Waals surface area (Å²) in [6.07, 6.45) is -0.395. The van der Waals surface area contributed by atoms with Gasteiger partial charge in [-0.25, -0.2) is 0 Å². The second-order valence-electron chi connectivity index (χ2n) is 6.99. The molecule has 0 aliphatic heterocycles. The fourth-order valence-electron chi connectivity index (χ4n) is 3.96. The zero-order valence-electron chi connectivity index (χ0n) is 17.3. The zero-order valence-corrected chi connectivity index (χ0v) is 17.3. The molecule has 1 aromatic carbocycles. The number of ether oxygens (including phenoxy) is 5. The highest BCUT2D eigenvalue weighted by Gasteiger charge is 2.57. The highest BCUT2D eigenvalue weighted by molar-refractivity contribution is 6.02. The Morgan fingerprint density at radius 3 is 1.90 bits per heavy atom. The van der Waals surface area contributed by atoms with E-state index < -0.39 is 47.5 Å². The third-order valence-corrected chi connectivity index (χ3v) is 5.25. The molecule has 0 radical (unpaired) electrons. The molecule has 1 N–H and O–H groups in total. The molecule has 160 valence electrons. The molecule has 4 atom stereocenters. The van der Waals surface area contributed by atoms with Crippen molar-refractivity contribution in [2.24, 2.45) is 11.8 Å². The molecule has 0 unspecified atom stereocenters. The summed E-state index contributed by atoms with van der Waals surface area (Å²) in [4.78, 5) is 37.9. The smallest absolute Gasteiger partial charge is 0.316 e. The lowest BCUT2D eigenvalue weighted by atomic mass is 9.61. The number of rotatable bonds is 6. The summed E-state index contributed by atoms with van der Waals surface area (Å²) >= 11 is 0. The number of hydrogen-bond acceptors (Lipinski definition) is 9. The maximum Gasteiger partial charge on any atom is 0.316 e. The first-order chi connectivity index (χ1) is 13.7. The van der Waals surface area contributed by atoms with Crippen LogP contribution in [0, 0.1) is 11.8 Å². The van der Waals surface area contributed by atoms with Gasteiger partial charge in [-0.15, -0.1) is 0 Å². The molecule has 0 bridgehead atoms. The lowest BCUT2D eigenvalue weighted by Gasteiger charge is -2.43. The Morgan fingerprint density at radius 2 is 1.48 bits per heavy atom. The van der Waals surface area contributed by atoms with Gasteiger partial charge in [-0.1, -0.05) is 0 Å². The van der Waals surface area contributed by atoms with Crippen molar-refractivity contribution in [3.8, 4) is 17.2 Å². The molecule has 0 spiro atoms. The van der Waals surface area contributed by atoms with E-state index in [9.17, 15) is 19.5 Å². The lowest BCUT2D eigenvalue weighted by molar-refractivity contribution is -0.170. The average Bonchev–Trinajstić information content (AvgIpc) is 2.70. The fourth-order valence-corrected chi connectivity index (χ4v) is 3.96. The Kier molecular flexibility index (Phi) is 6.73. The van der Waals surface area contributed by atoms with Crippen LogP contribution >= 0.6 is 0 Å². The number of esters is 2. The summed E-state index contributed by atoms with van der Waals surface area (Å²) < 4.78 is 25.7. The maximum absolute atomic E-state index is 12.8. The van der Waals surface area contributed by atoms with E-state index in [4.69, 9.17) is 23.7 Å². The van der Waals surface area contributed by atoms with Crippen LogP contribution in [0.4, 0.5) is 0 Å². The molecule has 9 heteroatoms. The predicted octanol–water partition coefficient (Wildman–Crippen LogP) is 1.10. The molecule has 2 rings (SSSR count). The van der Waals surface area contributed by atoms with E-state index in [1.165, 1.54) is 47.5 Å². The minimum absolute atomic E-state index is 0.270. The monoisotopic (exact) mass is 410 g/mol. The molecular formula is C20H26O9. The van der Waals surface area contributed by atoms with Crippen LogP contribution in [-0.2, 0) is 23.9 Å². The van der Waals surface area contributed by atoms with Gasteiger partial charge in [0.2, 0.25) is 5.75 Å². The van der Waals surface area contributed by atoms with Gasteiger partial charge in [0, 0.05) is 12.3 Å². The quantitative estimate of drug-likeness (QED) is 0.543. The van der Waals surface area contributed by atoms with Crippen molar-refractivity contribution >= 4 is 17.7 Å². The largest absolute Gasteiger partial charge is 0.493 e. The minimum atomic E-state index is -1.74. The van der Waals surface area contributed by atoms with Gasteiger partial charge in [-0.3, -0.25) is 14.4 Å². The van der Waals surface area contributed by atoms with E-state index in [0.29, 0.717) is 11.3 Å². The number of aliphatic hydroxyl groups is 1. The number of benzene rings is 1. The highest BCUT2D eigenvalue weighted by Crippen LogP contribution is 2.49. The lowest BCUT2D eigenvalue weighted by Crippen LogP contribution is -2.55. The number of carbonyl (C=O) groups is 3. The van der Waals surface area contributed by atoms with Crippen molar-refractivity contribution in [3.05, 3.63) is 17.7 Å². The first-order valence-electron chi connectivity index (χ1n) is 8.87. The van der Waals surface area contributed by atoms with Crippen LogP contribution in [0.15, 0.2) is 12.1 Å². The van der Waals surface area contributed by atoms with Crippen molar-refractivity contribution in [1.29, 1.82) is 0 Å². The van der Waals surface area contributed by atoms with Crippen LogP contribution in [0.25, 0.3) is 0 Å². The molecular weight excluding hydrogens is 384 g/mol. The number of hydrogen-bond donors (Lipinski definition) is 1. The van der Waals surface area contributed by atoms with E-state index >= 15 is 0 Å². The highest BCUT2D eigenvalue weighted by atomic mass is 16.5. The average molecular weight is 410 g/mol. The Morgan fingerprint density at radius 1 is 0.966 bits per heavy atom. The second-order valence-corrected chi connectivity index (χ2v) is 6.99. The summed E-state index contributed by atoms with van der Waals surface area (Å²) in [7, 11) is 6.59. The van der Waals surface area contributed by atoms with E-state index in [2.05, 4.69) is 0 Å².